The molecule has 1 heterocycles. The molecule has 0 aliphatic heterocycles. The molecule has 1 aromatic heterocycles. The van der Waals surface area contributed by atoms with E-state index in [1.165, 1.54) is 0 Å². The second-order valence-electron chi connectivity index (χ2n) is 6.78. The Hall–Kier alpha value is -1.92. The lowest BCUT2D eigenvalue weighted by Gasteiger charge is -2.18. The van der Waals surface area contributed by atoms with Crippen molar-refractivity contribution in [3.63, 3.8) is 0 Å². The predicted molar refractivity (Wildman–Crippen MR) is 98.0 cm³/mol. The number of amides is 1. The third kappa shape index (κ3) is 4.79. The number of nitrogens with two attached hydrogens (primary N) is 1. The van der Waals surface area contributed by atoms with Gasteiger partial charge in [-0.1, -0.05) is 32.0 Å². The van der Waals surface area contributed by atoms with Crippen LogP contribution in [0.15, 0.2) is 24.3 Å². The van der Waals surface area contributed by atoms with Crippen LogP contribution in [0, 0.1) is 6.92 Å². The minimum Gasteiger partial charge on any atom is -0.347 e. The molecule has 132 valence electrons. The van der Waals surface area contributed by atoms with Gasteiger partial charge in [0.05, 0.1) is 5.69 Å². The van der Waals surface area contributed by atoms with Gasteiger partial charge in [-0.05, 0) is 38.3 Å². The summed E-state index contributed by atoms with van der Waals surface area (Å²) in [6, 6.07) is 8.01. The van der Waals surface area contributed by atoms with Crippen LogP contribution >= 0.6 is 12.4 Å². The molecule has 0 aliphatic carbocycles. The van der Waals surface area contributed by atoms with Crippen molar-refractivity contribution in [1.82, 2.24) is 20.1 Å². The summed E-state index contributed by atoms with van der Waals surface area (Å²) < 4.78 is 1.72. The molecule has 0 spiro atoms. The molecule has 7 heteroatoms. The summed E-state index contributed by atoms with van der Waals surface area (Å²) in [6.07, 6.45) is 0. The van der Waals surface area contributed by atoms with Crippen LogP contribution in [0.4, 0.5) is 0 Å². The van der Waals surface area contributed by atoms with Gasteiger partial charge in [0.25, 0.3) is 5.91 Å². The molecule has 0 saturated carbocycles. The van der Waals surface area contributed by atoms with Crippen molar-refractivity contribution in [2.75, 3.05) is 6.54 Å². The van der Waals surface area contributed by atoms with Crippen molar-refractivity contribution >= 4 is 18.3 Å². The second kappa shape index (κ2) is 7.77. The fraction of sp³-hybridized carbons (Fsp3) is 0.471. The largest absolute Gasteiger partial charge is 0.347 e. The second-order valence-corrected chi connectivity index (χ2v) is 6.78. The molecule has 24 heavy (non-hydrogen) atoms. The molecule has 2 rings (SSSR count). The summed E-state index contributed by atoms with van der Waals surface area (Å²) in [5, 5.41) is 7.14. The molecule has 6 nitrogen and oxygen atoms in total. The van der Waals surface area contributed by atoms with E-state index in [0.717, 1.165) is 11.3 Å². The molecule has 0 aliphatic rings. The van der Waals surface area contributed by atoms with E-state index in [-0.39, 0.29) is 24.1 Å². The lowest BCUT2D eigenvalue weighted by molar-refractivity contribution is 0.0935. The number of benzene rings is 1. The first kappa shape index (κ1) is 20.1. The van der Waals surface area contributed by atoms with Crippen LogP contribution in [0.5, 0.6) is 0 Å². The molecule has 2 aromatic rings. The Morgan fingerprint density at radius 1 is 1.33 bits per heavy atom. The third-order valence-corrected chi connectivity index (χ3v) is 3.46. The smallest absolute Gasteiger partial charge is 0.291 e. The molecule has 3 N–H and O–H groups in total. The van der Waals surface area contributed by atoms with Crippen LogP contribution < -0.4 is 11.1 Å². The summed E-state index contributed by atoms with van der Waals surface area (Å²) in [4.78, 5) is 16.5. The van der Waals surface area contributed by atoms with Gasteiger partial charge in [-0.25, -0.2) is 9.67 Å². The summed E-state index contributed by atoms with van der Waals surface area (Å²) >= 11 is 0. The zero-order chi connectivity index (χ0) is 17.2. The Kier molecular flexibility index (Phi) is 6.51. The molecule has 0 atom stereocenters. The fourth-order valence-electron chi connectivity index (χ4n) is 2.27. The first-order valence-electron chi connectivity index (χ1n) is 7.79. The number of hydrogen-bond donors (Lipinski definition) is 2. The average molecular weight is 352 g/mol. The summed E-state index contributed by atoms with van der Waals surface area (Å²) in [7, 11) is 0. The number of rotatable bonds is 5. The highest BCUT2D eigenvalue weighted by Crippen LogP contribution is 2.23. The van der Waals surface area contributed by atoms with Crippen molar-refractivity contribution in [3.05, 3.63) is 41.5 Å². The van der Waals surface area contributed by atoms with E-state index in [1.54, 1.807) is 4.68 Å². The molecule has 1 aromatic carbocycles. The van der Waals surface area contributed by atoms with Crippen LogP contribution in [0.3, 0.4) is 0 Å². The van der Waals surface area contributed by atoms with Crippen LogP contribution in [-0.4, -0.2) is 32.8 Å². The van der Waals surface area contributed by atoms with Crippen LogP contribution in [0.2, 0.25) is 0 Å². The maximum absolute atomic E-state index is 12.2. The van der Waals surface area contributed by atoms with Crippen molar-refractivity contribution in [1.29, 1.82) is 0 Å². The van der Waals surface area contributed by atoms with Crippen molar-refractivity contribution < 1.29 is 4.79 Å². The monoisotopic (exact) mass is 351 g/mol. The highest BCUT2D eigenvalue weighted by atomic mass is 35.5. The molecule has 0 fully saturated rings. The summed E-state index contributed by atoms with van der Waals surface area (Å²) in [5.74, 6) is 0.873. The number of nitrogens with one attached hydrogen (secondary N) is 1. The van der Waals surface area contributed by atoms with Crippen molar-refractivity contribution in [3.8, 4) is 5.69 Å². The Balaban J connectivity index is 0.00000288. The maximum Gasteiger partial charge on any atom is 0.291 e. The number of carbonyl (C=O) groups is 1. The Bertz CT molecular complexity index is 703. The van der Waals surface area contributed by atoms with E-state index in [1.807, 2.05) is 39.0 Å². The van der Waals surface area contributed by atoms with Gasteiger partial charge < -0.3 is 11.1 Å². The predicted octanol–water partition coefficient (Wildman–Crippen LogP) is 2.59. The Morgan fingerprint density at radius 3 is 2.54 bits per heavy atom. The molecule has 1 amide bonds. The lowest BCUT2D eigenvalue weighted by Crippen LogP contribution is -2.45. The molecule has 0 radical (unpaired) electrons. The molecular formula is C17H26ClN5O. The third-order valence-electron chi connectivity index (χ3n) is 3.46. The standard InChI is InChI=1S/C17H25N5O.ClH/c1-11(2)13-8-6-7-9-14(13)22-12(3)20-15(21-22)16(23)19-10-17(4,5)18;/h6-9,11H,10,18H2,1-5H3,(H,19,23);1H. The number of halogens is 1. The number of para-hydroxylation sites is 1. The van der Waals surface area contributed by atoms with Gasteiger partial charge >= 0.3 is 0 Å². The number of nitrogens with zero attached hydrogens (tertiary/aromatic N) is 3. The Labute approximate surface area is 149 Å². The fourth-order valence-corrected chi connectivity index (χ4v) is 2.27. The minimum absolute atomic E-state index is 0. The van der Waals surface area contributed by atoms with Gasteiger partial charge in [0, 0.05) is 12.1 Å². The van der Waals surface area contributed by atoms with Crippen LogP contribution in [0.1, 0.15) is 55.6 Å². The normalized spacial score (nSPS) is 11.3. The van der Waals surface area contributed by atoms with E-state index in [4.69, 9.17) is 5.73 Å². The van der Waals surface area contributed by atoms with E-state index < -0.39 is 5.54 Å². The highest BCUT2D eigenvalue weighted by Gasteiger charge is 2.19. The number of hydrogen-bond acceptors (Lipinski definition) is 4. The Morgan fingerprint density at radius 2 is 1.96 bits per heavy atom. The van der Waals surface area contributed by atoms with Gasteiger partial charge in [0.2, 0.25) is 5.82 Å². The highest BCUT2D eigenvalue weighted by molar-refractivity contribution is 5.90. The number of aromatic nitrogens is 3. The lowest BCUT2D eigenvalue weighted by atomic mass is 10.0. The van der Waals surface area contributed by atoms with Crippen molar-refractivity contribution in [2.45, 2.75) is 46.1 Å². The SMILES string of the molecule is Cc1nc(C(=O)NCC(C)(C)N)nn1-c1ccccc1C(C)C.Cl. The van der Waals surface area contributed by atoms with Crippen LogP contribution in [-0.2, 0) is 0 Å². The summed E-state index contributed by atoms with van der Waals surface area (Å²) in [5.41, 5.74) is 7.52. The van der Waals surface area contributed by atoms with Gasteiger partial charge in [0.1, 0.15) is 5.82 Å². The molecular weight excluding hydrogens is 326 g/mol. The topological polar surface area (TPSA) is 85.8 Å². The van der Waals surface area contributed by atoms with E-state index in [9.17, 15) is 4.79 Å². The number of carbonyl (C=O) groups excluding carboxylic acids is 1. The first-order valence-corrected chi connectivity index (χ1v) is 7.79. The van der Waals surface area contributed by atoms with E-state index >= 15 is 0 Å². The zero-order valence-corrected chi connectivity index (χ0v) is 15.6. The van der Waals surface area contributed by atoms with Crippen molar-refractivity contribution in [2.24, 2.45) is 5.73 Å². The van der Waals surface area contributed by atoms with Crippen LogP contribution in [0.25, 0.3) is 5.69 Å². The summed E-state index contributed by atoms with van der Waals surface area (Å²) in [6.45, 7) is 10.2. The molecule has 0 bridgehead atoms. The quantitative estimate of drug-likeness (QED) is 0.866. The van der Waals surface area contributed by atoms with E-state index in [2.05, 4.69) is 35.3 Å². The average Bonchev–Trinajstić information content (AvgIpc) is 2.86. The van der Waals surface area contributed by atoms with Gasteiger partial charge in [-0.15, -0.1) is 17.5 Å². The first-order chi connectivity index (χ1) is 10.7. The van der Waals surface area contributed by atoms with Gasteiger partial charge in [0.15, 0.2) is 0 Å². The van der Waals surface area contributed by atoms with Gasteiger partial charge in [-0.2, -0.15) is 0 Å². The molecule has 0 unspecified atom stereocenters. The number of aryl methyl sites for hydroxylation is 1. The van der Waals surface area contributed by atoms with E-state index in [0.29, 0.717) is 18.3 Å². The maximum atomic E-state index is 12.2. The van der Waals surface area contributed by atoms with Gasteiger partial charge in [-0.3, -0.25) is 4.79 Å². The molecule has 0 saturated heterocycles. The minimum atomic E-state index is -0.475. The zero-order valence-electron chi connectivity index (χ0n) is 14.8.